The first kappa shape index (κ1) is 14.1. The van der Waals surface area contributed by atoms with Gasteiger partial charge in [-0.25, -0.2) is 4.79 Å². The lowest BCUT2D eigenvalue weighted by atomic mass is 9.87. The zero-order valence-electron chi connectivity index (χ0n) is 11.4. The third-order valence-electron chi connectivity index (χ3n) is 3.33. The Labute approximate surface area is 117 Å². The van der Waals surface area contributed by atoms with Gasteiger partial charge in [-0.1, -0.05) is 48.5 Å². The van der Waals surface area contributed by atoms with Crippen LogP contribution in [0.2, 0.25) is 0 Å². The summed E-state index contributed by atoms with van der Waals surface area (Å²) in [6.07, 6.45) is -1.34. The fourth-order valence-corrected chi connectivity index (χ4v) is 2.18. The second-order valence-electron chi connectivity index (χ2n) is 4.47. The summed E-state index contributed by atoms with van der Waals surface area (Å²) in [5, 5.41) is 8.84. The number of methoxy groups -OCH3 is 1. The van der Waals surface area contributed by atoms with E-state index in [2.05, 4.69) is 0 Å². The smallest absolute Gasteiger partial charge is 0.449 e. The SMILES string of the molecule is COC(C)(c1ccccc1)c1ccccc1OC(=O)O. The van der Waals surface area contributed by atoms with Crippen LogP contribution in [0.15, 0.2) is 54.6 Å². The number of hydrogen-bond donors (Lipinski definition) is 1. The highest BCUT2D eigenvalue weighted by molar-refractivity contribution is 5.62. The highest BCUT2D eigenvalue weighted by Crippen LogP contribution is 2.38. The molecule has 4 nitrogen and oxygen atoms in total. The first-order chi connectivity index (χ1) is 9.58. The third-order valence-corrected chi connectivity index (χ3v) is 3.33. The Hall–Kier alpha value is -2.33. The number of benzene rings is 2. The number of carbonyl (C=O) groups is 1. The van der Waals surface area contributed by atoms with E-state index in [-0.39, 0.29) is 5.75 Å². The van der Waals surface area contributed by atoms with Gasteiger partial charge in [0.25, 0.3) is 0 Å². The lowest BCUT2D eigenvalue weighted by molar-refractivity contribution is 0.0366. The van der Waals surface area contributed by atoms with E-state index in [1.54, 1.807) is 25.3 Å². The van der Waals surface area contributed by atoms with Crippen LogP contribution in [-0.2, 0) is 10.3 Å². The van der Waals surface area contributed by atoms with E-state index in [1.165, 1.54) is 0 Å². The van der Waals surface area contributed by atoms with Gasteiger partial charge in [-0.2, -0.15) is 0 Å². The van der Waals surface area contributed by atoms with Gasteiger partial charge in [-0.3, -0.25) is 0 Å². The van der Waals surface area contributed by atoms with Crippen molar-refractivity contribution in [3.05, 3.63) is 65.7 Å². The maximum absolute atomic E-state index is 10.8. The number of carboxylic acid groups (broad SMARTS) is 1. The molecule has 1 unspecified atom stereocenters. The molecule has 4 heteroatoms. The van der Waals surface area contributed by atoms with Gasteiger partial charge in [0, 0.05) is 12.7 Å². The van der Waals surface area contributed by atoms with Gasteiger partial charge in [-0.05, 0) is 18.6 Å². The van der Waals surface area contributed by atoms with Crippen molar-refractivity contribution in [2.75, 3.05) is 7.11 Å². The van der Waals surface area contributed by atoms with Gasteiger partial charge in [0.05, 0.1) is 0 Å². The second kappa shape index (κ2) is 5.75. The normalized spacial score (nSPS) is 13.5. The molecule has 1 atom stereocenters. The Morgan fingerprint density at radius 3 is 2.25 bits per heavy atom. The average Bonchev–Trinajstić information content (AvgIpc) is 2.47. The van der Waals surface area contributed by atoms with Crippen LogP contribution in [0.5, 0.6) is 5.75 Å². The quantitative estimate of drug-likeness (QED) is 0.681. The summed E-state index contributed by atoms with van der Waals surface area (Å²) in [6, 6.07) is 16.6. The molecule has 0 spiro atoms. The van der Waals surface area contributed by atoms with Crippen LogP contribution in [0.3, 0.4) is 0 Å². The summed E-state index contributed by atoms with van der Waals surface area (Å²) in [4.78, 5) is 10.8. The molecule has 2 aromatic rings. The van der Waals surface area contributed by atoms with Crippen LogP contribution in [0, 0.1) is 0 Å². The van der Waals surface area contributed by atoms with Crippen molar-refractivity contribution in [1.29, 1.82) is 0 Å². The van der Waals surface area contributed by atoms with E-state index < -0.39 is 11.8 Å². The topological polar surface area (TPSA) is 55.8 Å². The maximum atomic E-state index is 10.8. The van der Waals surface area contributed by atoms with Crippen molar-refractivity contribution in [3.63, 3.8) is 0 Å². The monoisotopic (exact) mass is 272 g/mol. The van der Waals surface area contributed by atoms with Crippen LogP contribution >= 0.6 is 0 Å². The van der Waals surface area contributed by atoms with Crippen LogP contribution in [0.25, 0.3) is 0 Å². The van der Waals surface area contributed by atoms with Crippen LogP contribution in [0.1, 0.15) is 18.1 Å². The summed E-state index contributed by atoms with van der Waals surface area (Å²) in [5.41, 5.74) is 0.799. The molecule has 2 rings (SSSR count). The number of hydrogen-bond acceptors (Lipinski definition) is 3. The minimum Gasteiger partial charge on any atom is -0.449 e. The minimum absolute atomic E-state index is 0.271. The van der Waals surface area contributed by atoms with Crippen LogP contribution < -0.4 is 4.74 Å². The highest BCUT2D eigenvalue weighted by atomic mass is 16.7. The van der Waals surface area contributed by atoms with Gasteiger partial charge in [0.15, 0.2) is 0 Å². The van der Waals surface area contributed by atoms with Crippen molar-refractivity contribution in [2.24, 2.45) is 0 Å². The molecule has 0 radical (unpaired) electrons. The van der Waals surface area contributed by atoms with Gasteiger partial charge >= 0.3 is 6.16 Å². The zero-order chi connectivity index (χ0) is 14.6. The Morgan fingerprint density at radius 2 is 1.65 bits per heavy atom. The lowest BCUT2D eigenvalue weighted by Crippen LogP contribution is -2.27. The zero-order valence-corrected chi connectivity index (χ0v) is 11.4. The van der Waals surface area contributed by atoms with Crippen molar-refractivity contribution >= 4 is 6.16 Å². The molecule has 1 N–H and O–H groups in total. The predicted octanol–water partition coefficient (Wildman–Crippen LogP) is 3.65. The average molecular weight is 272 g/mol. The fourth-order valence-electron chi connectivity index (χ4n) is 2.18. The molecule has 0 bridgehead atoms. The van der Waals surface area contributed by atoms with Crippen LogP contribution in [-0.4, -0.2) is 18.4 Å². The summed E-state index contributed by atoms with van der Waals surface area (Å²) >= 11 is 0. The number of para-hydroxylation sites is 1. The molecule has 0 saturated heterocycles. The van der Waals surface area contributed by atoms with E-state index in [1.807, 2.05) is 43.3 Å². The lowest BCUT2D eigenvalue weighted by Gasteiger charge is -2.30. The van der Waals surface area contributed by atoms with Crippen molar-refractivity contribution in [3.8, 4) is 5.75 Å². The largest absolute Gasteiger partial charge is 0.511 e. The van der Waals surface area contributed by atoms with Crippen molar-refractivity contribution < 1.29 is 19.4 Å². The third kappa shape index (κ3) is 2.65. The Kier molecular flexibility index (Phi) is 4.05. The highest BCUT2D eigenvalue weighted by Gasteiger charge is 2.32. The van der Waals surface area contributed by atoms with E-state index in [0.717, 1.165) is 5.56 Å². The molecular formula is C16H16O4. The summed E-state index contributed by atoms with van der Waals surface area (Å²) < 4.78 is 10.5. The van der Waals surface area contributed by atoms with E-state index >= 15 is 0 Å². The maximum Gasteiger partial charge on any atom is 0.511 e. The Balaban J connectivity index is 2.54. The molecular weight excluding hydrogens is 256 g/mol. The standard InChI is InChI=1S/C16H16O4/c1-16(19-2,12-8-4-3-5-9-12)13-10-6-7-11-14(13)20-15(17)18/h3-11H,1-2H3,(H,17,18). The summed E-state index contributed by atoms with van der Waals surface area (Å²) in [7, 11) is 1.59. The first-order valence-electron chi connectivity index (χ1n) is 6.19. The molecule has 0 fully saturated rings. The van der Waals surface area contributed by atoms with E-state index in [9.17, 15) is 4.79 Å². The molecule has 2 aromatic carbocycles. The van der Waals surface area contributed by atoms with Gasteiger partial charge in [0.1, 0.15) is 11.4 Å². The number of rotatable bonds is 4. The summed E-state index contributed by atoms with van der Waals surface area (Å²) in [6.45, 7) is 1.88. The van der Waals surface area contributed by atoms with Crippen molar-refractivity contribution in [2.45, 2.75) is 12.5 Å². The Morgan fingerprint density at radius 1 is 1.05 bits per heavy atom. The van der Waals surface area contributed by atoms with E-state index in [0.29, 0.717) is 5.56 Å². The van der Waals surface area contributed by atoms with Gasteiger partial charge < -0.3 is 14.6 Å². The predicted molar refractivity (Wildman–Crippen MR) is 75.0 cm³/mol. The molecule has 0 aliphatic heterocycles. The second-order valence-corrected chi connectivity index (χ2v) is 4.47. The Bertz CT molecular complexity index is 594. The minimum atomic E-state index is -1.34. The molecule has 0 aliphatic rings. The van der Waals surface area contributed by atoms with E-state index in [4.69, 9.17) is 14.6 Å². The first-order valence-corrected chi connectivity index (χ1v) is 6.19. The van der Waals surface area contributed by atoms with Gasteiger partial charge in [0.2, 0.25) is 0 Å². The number of ether oxygens (including phenoxy) is 2. The molecule has 0 heterocycles. The fraction of sp³-hybridized carbons (Fsp3) is 0.188. The molecule has 0 amide bonds. The van der Waals surface area contributed by atoms with Crippen LogP contribution in [0.4, 0.5) is 4.79 Å². The molecule has 0 aliphatic carbocycles. The molecule has 0 saturated carbocycles. The molecule has 104 valence electrons. The van der Waals surface area contributed by atoms with Gasteiger partial charge in [-0.15, -0.1) is 0 Å². The summed E-state index contributed by atoms with van der Waals surface area (Å²) in [5.74, 6) is 0.271. The van der Waals surface area contributed by atoms with Crippen molar-refractivity contribution in [1.82, 2.24) is 0 Å². The molecule has 20 heavy (non-hydrogen) atoms. The molecule has 0 aromatic heterocycles.